The predicted octanol–water partition coefficient (Wildman–Crippen LogP) is 3.00. The van der Waals surface area contributed by atoms with E-state index in [-0.39, 0.29) is 6.04 Å². The average Bonchev–Trinajstić information content (AvgIpc) is 2.98. The van der Waals surface area contributed by atoms with Gasteiger partial charge in [0.1, 0.15) is 11.5 Å². The molecule has 2 aromatic rings. The van der Waals surface area contributed by atoms with Gasteiger partial charge in [0.15, 0.2) is 0 Å². The standard InChI is InChI=1S/C15H19NO3/c1-4-16-15(11-7-8-19-10-11)13-9-12(17-2)5-6-14(13)18-3/h5-10,15-16H,4H2,1-3H3. The molecule has 0 aliphatic heterocycles. The highest BCUT2D eigenvalue weighted by atomic mass is 16.5. The molecule has 0 spiro atoms. The van der Waals surface area contributed by atoms with Gasteiger partial charge in [-0.25, -0.2) is 0 Å². The van der Waals surface area contributed by atoms with Gasteiger partial charge in [-0.3, -0.25) is 0 Å². The fraction of sp³-hybridized carbons (Fsp3) is 0.333. The van der Waals surface area contributed by atoms with Gasteiger partial charge in [0.25, 0.3) is 0 Å². The van der Waals surface area contributed by atoms with E-state index in [1.807, 2.05) is 24.3 Å². The molecule has 0 aliphatic rings. The Balaban J connectivity index is 2.45. The van der Waals surface area contributed by atoms with Crippen LogP contribution in [0, 0.1) is 0 Å². The smallest absolute Gasteiger partial charge is 0.124 e. The minimum absolute atomic E-state index is 0.0220. The minimum Gasteiger partial charge on any atom is -0.497 e. The number of benzene rings is 1. The van der Waals surface area contributed by atoms with Gasteiger partial charge in [0.05, 0.1) is 32.8 Å². The molecule has 0 saturated heterocycles. The highest BCUT2D eigenvalue weighted by molar-refractivity contribution is 5.45. The van der Waals surface area contributed by atoms with Gasteiger partial charge in [0, 0.05) is 11.1 Å². The lowest BCUT2D eigenvalue weighted by Gasteiger charge is -2.20. The first-order valence-corrected chi connectivity index (χ1v) is 6.27. The van der Waals surface area contributed by atoms with E-state index < -0.39 is 0 Å². The van der Waals surface area contributed by atoms with Gasteiger partial charge in [-0.2, -0.15) is 0 Å². The topological polar surface area (TPSA) is 43.6 Å². The third-order valence-electron chi connectivity index (χ3n) is 3.03. The average molecular weight is 261 g/mol. The van der Waals surface area contributed by atoms with Crippen LogP contribution in [0.25, 0.3) is 0 Å². The molecular weight excluding hydrogens is 242 g/mol. The van der Waals surface area contributed by atoms with Crippen LogP contribution in [-0.4, -0.2) is 20.8 Å². The van der Waals surface area contributed by atoms with Crippen molar-refractivity contribution in [3.63, 3.8) is 0 Å². The fourth-order valence-electron chi connectivity index (χ4n) is 2.12. The van der Waals surface area contributed by atoms with E-state index in [4.69, 9.17) is 13.9 Å². The number of rotatable bonds is 6. The van der Waals surface area contributed by atoms with Crippen molar-refractivity contribution in [2.75, 3.05) is 20.8 Å². The molecule has 1 heterocycles. The van der Waals surface area contributed by atoms with E-state index in [0.717, 1.165) is 29.2 Å². The van der Waals surface area contributed by atoms with E-state index in [1.54, 1.807) is 26.7 Å². The normalized spacial score (nSPS) is 12.2. The van der Waals surface area contributed by atoms with Crippen molar-refractivity contribution in [1.29, 1.82) is 0 Å². The predicted molar refractivity (Wildman–Crippen MR) is 73.8 cm³/mol. The van der Waals surface area contributed by atoms with Crippen LogP contribution in [0.2, 0.25) is 0 Å². The van der Waals surface area contributed by atoms with Gasteiger partial charge < -0.3 is 19.2 Å². The van der Waals surface area contributed by atoms with Crippen LogP contribution in [0.5, 0.6) is 11.5 Å². The van der Waals surface area contributed by atoms with Crippen molar-refractivity contribution in [1.82, 2.24) is 5.32 Å². The zero-order chi connectivity index (χ0) is 13.7. The maximum atomic E-state index is 5.44. The lowest BCUT2D eigenvalue weighted by molar-refractivity contribution is 0.394. The second-order valence-electron chi connectivity index (χ2n) is 4.16. The van der Waals surface area contributed by atoms with Crippen LogP contribution in [0.15, 0.2) is 41.2 Å². The van der Waals surface area contributed by atoms with Gasteiger partial charge >= 0.3 is 0 Å². The SMILES string of the molecule is CCNC(c1ccoc1)c1cc(OC)ccc1OC. The third-order valence-corrected chi connectivity index (χ3v) is 3.03. The molecular formula is C15H19NO3. The molecule has 1 atom stereocenters. The molecule has 0 saturated carbocycles. The first-order valence-electron chi connectivity index (χ1n) is 6.27. The molecule has 19 heavy (non-hydrogen) atoms. The van der Waals surface area contributed by atoms with Crippen LogP contribution in [-0.2, 0) is 0 Å². The summed E-state index contributed by atoms with van der Waals surface area (Å²) in [6.45, 7) is 2.91. The van der Waals surface area contributed by atoms with Crippen LogP contribution in [0.1, 0.15) is 24.1 Å². The van der Waals surface area contributed by atoms with Crippen molar-refractivity contribution in [3.8, 4) is 11.5 Å². The first kappa shape index (κ1) is 13.5. The van der Waals surface area contributed by atoms with Crippen LogP contribution in [0.3, 0.4) is 0 Å². The zero-order valence-corrected chi connectivity index (χ0v) is 11.5. The minimum atomic E-state index is 0.0220. The quantitative estimate of drug-likeness (QED) is 0.868. The maximum Gasteiger partial charge on any atom is 0.124 e. The largest absolute Gasteiger partial charge is 0.497 e. The highest BCUT2D eigenvalue weighted by Crippen LogP contribution is 2.33. The Labute approximate surface area is 113 Å². The molecule has 4 heteroatoms. The maximum absolute atomic E-state index is 5.44. The summed E-state index contributed by atoms with van der Waals surface area (Å²) >= 11 is 0. The molecule has 102 valence electrons. The van der Waals surface area contributed by atoms with Crippen molar-refractivity contribution < 1.29 is 13.9 Å². The molecule has 0 bridgehead atoms. The number of ether oxygens (including phenoxy) is 2. The second-order valence-corrected chi connectivity index (χ2v) is 4.16. The first-order chi connectivity index (χ1) is 9.30. The van der Waals surface area contributed by atoms with Crippen LogP contribution < -0.4 is 14.8 Å². The van der Waals surface area contributed by atoms with E-state index in [0.29, 0.717) is 0 Å². The lowest BCUT2D eigenvalue weighted by atomic mass is 9.99. The van der Waals surface area contributed by atoms with Crippen molar-refractivity contribution in [2.24, 2.45) is 0 Å². The summed E-state index contributed by atoms with van der Waals surface area (Å²) in [7, 11) is 3.33. The van der Waals surface area contributed by atoms with Gasteiger partial charge in [-0.05, 0) is 30.8 Å². The Morgan fingerprint density at radius 2 is 2.05 bits per heavy atom. The van der Waals surface area contributed by atoms with Gasteiger partial charge in [0.2, 0.25) is 0 Å². The summed E-state index contributed by atoms with van der Waals surface area (Å²) in [5.41, 5.74) is 2.10. The Hall–Kier alpha value is -1.94. The summed E-state index contributed by atoms with van der Waals surface area (Å²) in [5, 5.41) is 3.43. The molecule has 2 rings (SSSR count). The summed E-state index contributed by atoms with van der Waals surface area (Å²) in [5.74, 6) is 1.63. The number of hydrogen-bond acceptors (Lipinski definition) is 4. The number of methoxy groups -OCH3 is 2. The summed E-state index contributed by atoms with van der Waals surface area (Å²) in [6, 6.07) is 7.76. The molecule has 1 unspecified atom stereocenters. The second kappa shape index (κ2) is 6.29. The Kier molecular flexibility index (Phi) is 4.47. The fourth-order valence-corrected chi connectivity index (χ4v) is 2.12. The summed E-state index contributed by atoms with van der Waals surface area (Å²) in [6.07, 6.45) is 3.42. The van der Waals surface area contributed by atoms with Crippen LogP contribution in [0.4, 0.5) is 0 Å². The van der Waals surface area contributed by atoms with Gasteiger partial charge in [-0.15, -0.1) is 0 Å². The molecule has 0 radical (unpaired) electrons. The van der Waals surface area contributed by atoms with Crippen molar-refractivity contribution in [2.45, 2.75) is 13.0 Å². The molecule has 1 aromatic heterocycles. The molecule has 1 aromatic carbocycles. The number of nitrogens with one attached hydrogen (secondary N) is 1. The van der Waals surface area contributed by atoms with E-state index >= 15 is 0 Å². The molecule has 0 aliphatic carbocycles. The van der Waals surface area contributed by atoms with Crippen LogP contribution >= 0.6 is 0 Å². The number of hydrogen-bond donors (Lipinski definition) is 1. The third kappa shape index (κ3) is 2.90. The monoisotopic (exact) mass is 261 g/mol. The summed E-state index contributed by atoms with van der Waals surface area (Å²) < 4.78 is 15.9. The van der Waals surface area contributed by atoms with Crippen molar-refractivity contribution >= 4 is 0 Å². The molecule has 4 nitrogen and oxygen atoms in total. The molecule has 0 amide bonds. The highest BCUT2D eigenvalue weighted by Gasteiger charge is 2.19. The Morgan fingerprint density at radius 1 is 1.21 bits per heavy atom. The summed E-state index contributed by atoms with van der Waals surface area (Å²) in [4.78, 5) is 0. The van der Waals surface area contributed by atoms with Crippen molar-refractivity contribution in [3.05, 3.63) is 47.9 Å². The Morgan fingerprint density at radius 3 is 2.63 bits per heavy atom. The zero-order valence-electron chi connectivity index (χ0n) is 11.5. The van der Waals surface area contributed by atoms with E-state index in [2.05, 4.69) is 12.2 Å². The molecule has 0 fully saturated rings. The van der Waals surface area contributed by atoms with E-state index in [1.165, 1.54) is 0 Å². The lowest BCUT2D eigenvalue weighted by Crippen LogP contribution is -2.22. The Bertz CT molecular complexity index is 508. The van der Waals surface area contributed by atoms with E-state index in [9.17, 15) is 0 Å². The number of furan rings is 1. The van der Waals surface area contributed by atoms with Gasteiger partial charge in [-0.1, -0.05) is 6.92 Å². The molecule has 1 N–H and O–H groups in total.